The average Bonchev–Trinajstić information content (AvgIpc) is 3.09. The van der Waals surface area contributed by atoms with Crippen molar-refractivity contribution in [3.63, 3.8) is 0 Å². The van der Waals surface area contributed by atoms with Gasteiger partial charge in [0, 0.05) is 10.8 Å². The van der Waals surface area contributed by atoms with Crippen LogP contribution in [0.5, 0.6) is 0 Å². The van der Waals surface area contributed by atoms with Gasteiger partial charge in [0.05, 0.1) is 11.2 Å². The predicted octanol–water partition coefficient (Wildman–Crippen LogP) is 6.36. The van der Waals surface area contributed by atoms with Crippen molar-refractivity contribution in [2.45, 2.75) is 65.1 Å². The molecule has 0 bridgehead atoms. The van der Waals surface area contributed by atoms with Gasteiger partial charge >= 0.3 is 7.48 Å². The Morgan fingerprint density at radius 3 is 2.06 bits per heavy atom. The van der Waals surface area contributed by atoms with E-state index in [1.807, 2.05) is 32.0 Å². The molecule has 0 saturated carbocycles. The normalized spacial score (nSPS) is 13.1. The molecule has 1 aromatic heterocycles. The monoisotopic (exact) mass is 427 g/mol. The van der Waals surface area contributed by atoms with Gasteiger partial charge in [-0.1, -0.05) is 69.3 Å². The number of para-hydroxylation sites is 1. The molecule has 4 heteroatoms. The number of rotatable bonds is 5. The Bertz CT molecular complexity index is 1250. The Kier molecular flexibility index (Phi) is 5.51. The quantitative estimate of drug-likeness (QED) is 0.377. The summed E-state index contributed by atoms with van der Waals surface area (Å²) in [6.07, 6.45) is 0. The topological polar surface area (TPSA) is 42.6 Å². The van der Waals surface area contributed by atoms with Crippen molar-refractivity contribution in [1.82, 2.24) is 0 Å². The van der Waals surface area contributed by atoms with Gasteiger partial charge in [0.1, 0.15) is 11.2 Å². The van der Waals surface area contributed by atoms with Gasteiger partial charge in [0.15, 0.2) is 0 Å². The molecular weight excluding hydrogens is 395 g/mol. The van der Waals surface area contributed by atoms with Gasteiger partial charge in [0.2, 0.25) is 0 Å². The average molecular weight is 427 g/mol. The van der Waals surface area contributed by atoms with E-state index >= 15 is 0 Å². The predicted molar refractivity (Wildman–Crippen MR) is 135 cm³/mol. The van der Waals surface area contributed by atoms with Gasteiger partial charge in [-0.3, -0.25) is 0 Å². The molecule has 0 aliphatic carbocycles. The van der Waals surface area contributed by atoms with E-state index in [1.54, 1.807) is 21.3 Å². The zero-order chi connectivity index (χ0) is 23.3. The van der Waals surface area contributed by atoms with E-state index in [-0.39, 0.29) is 5.41 Å². The molecule has 0 aliphatic rings. The van der Waals surface area contributed by atoms with Crippen LogP contribution in [0.3, 0.4) is 0 Å². The van der Waals surface area contributed by atoms with Gasteiger partial charge < -0.3 is 14.2 Å². The van der Waals surface area contributed by atoms with Gasteiger partial charge in [-0.2, -0.15) is 0 Å². The fraction of sp³-hybridized carbons (Fsp3) is 0.357. The second-order valence-corrected chi connectivity index (χ2v) is 10.7. The van der Waals surface area contributed by atoms with Crippen LogP contribution in [0.1, 0.15) is 54.0 Å². The van der Waals surface area contributed by atoms with Crippen molar-refractivity contribution < 1.29 is 14.2 Å². The first-order valence-corrected chi connectivity index (χ1v) is 11.2. The van der Waals surface area contributed by atoms with Crippen molar-refractivity contribution in [3.05, 3.63) is 66.2 Å². The third-order valence-corrected chi connectivity index (χ3v) is 6.55. The molecule has 0 unspecified atom stereocenters. The maximum atomic E-state index is 10.5. The molecule has 0 fully saturated rings. The molecule has 3 nitrogen and oxygen atoms in total. The van der Waals surface area contributed by atoms with Crippen LogP contribution in [0.2, 0.25) is 0 Å². The molecule has 4 aromatic rings. The summed E-state index contributed by atoms with van der Waals surface area (Å²) in [6.45, 7) is 14.0. The highest BCUT2D eigenvalue weighted by molar-refractivity contribution is 6.53. The molecule has 0 saturated heterocycles. The first kappa shape index (κ1) is 22.6. The SMILES string of the molecule is CC(C)(C)c1ccc(-c2cc([B]OC(C)(C)C(C)(C)O)c3c(c2)oc2ccccc23)cc1. The Hall–Kier alpha value is -2.56. The second kappa shape index (κ2) is 7.79. The molecule has 4 rings (SSSR count). The summed E-state index contributed by atoms with van der Waals surface area (Å²) in [5, 5.41) is 12.6. The van der Waals surface area contributed by atoms with Crippen LogP contribution in [-0.2, 0) is 10.1 Å². The zero-order valence-corrected chi connectivity index (χ0v) is 20.1. The summed E-state index contributed by atoms with van der Waals surface area (Å²) in [5.41, 5.74) is 4.43. The lowest BCUT2D eigenvalue weighted by molar-refractivity contribution is -0.0893. The molecule has 0 atom stereocenters. The Morgan fingerprint density at radius 1 is 0.781 bits per heavy atom. The minimum atomic E-state index is -0.999. The van der Waals surface area contributed by atoms with Crippen LogP contribution in [0, 0.1) is 0 Å². The Labute approximate surface area is 191 Å². The summed E-state index contributed by atoms with van der Waals surface area (Å²) in [6, 6.07) is 21.0. The summed E-state index contributed by atoms with van der Waals surface area (Å²) in [4.78, 5) is 0. The highest BCUT2D eigenvalue weighted by atomic mass is 16.5. The number of hydrogen-bond donors (Lipinski definition) is 1. The summed E-state index contributed by atoms with van der Waals surface area (Å²) >= 11 is 0. The van der Waals surface area contributed by atoms with Crippen LogP contribution in [0.25, 0.3) is 33.1 Å². The summed E-state index contributed by atoms with van der Waals surface area (Å²) in [7, 11) is 1.76. The van der Waals surface area contributed by atoms with E-state index < -0.39 is 11.2 Å². The van der Waals surface area contributed by atoms with Crippen LogP contribution < -0.4 is 5.46 Å². The minimum Gasteiger partial charge on any atom is -0.456 e. The molecule has 0 aliphatic heterocycles. The molecule has 32 heavy (non-hydrogen) atoms. The van der Waals surface area contributed by atoms with Crippen LogP contribution in [0.4, 0.5) is 0 Å². The van der Waals surface area contributed by atoms with Crippen molar-refractivity contribution >= 4 is 34.9 Å². The van der Waals surface area contributed by atoms with Crippen LogP contribution >= 0.6 is 0 Å². The first-order valence-electron chi connectivity index (χ1n) is 11.2. The number of benzene rings is 3. The third-order valence-electron chi connectivity index (χ3n) is 6.55. The van der Waals surface area contributed by atoms with E-state index in [4.69, 9.17) is 9.07 Å². The van der Waals surface area contributed by atoms with Crippen molar-refractivity contribution in [2.75, 3.05) is 0 Å². The Balaban J connectivity index is 1.83. The number of aliphatic hydroxyl groups is 1. The third kappa shape index (κ3) is 4.22. The number of furan rings is 1. The molecule has 1 N–H and O–H groups in total. The van der Waals surface area contributed by atoms with E-state index in [0.29, 0.717) is 0 Å². The van der Waals surface area contributed by atoms with Gasteiger partial charge in [-0.25, -0.2) is 0 Å². The lowest BCUT2D eigenvalue weighted by Gasteiger charge is -2.37. The van der Waals surface area contributed by atoms with Crippen molar-refractivity contribution in [3.8, 4) is 11.1 Å². The minimum absolute atomic E-state index is 0.108. The molecule has 0 spiro atoms. The smallest absolute Gasteiger partial charge is 0.331 e. The highest BCUT2D eigenvalue weighted by Crippen LogP contribution is 2.33. The molecule has 1 radical (unpaired) electrons. The van der Waals surface area contributed by atoms with E-state index in [9.17, 15) is 5.11 Å². The molecule has 165 valence electrons. The highest BCUT2D eigenvalue weighted by Gasteiger charge is 2.36. The fourth-order valence-corrected chi connectivity index (χ4v) is 3.66. The van der Waals surface area contributed by atoms with Crippen LogP contribution in [-0.4, -0.2) is 23.8 Å². The lowest BCUT2D eigenvalue weighted by atomic mass is 9.79. The molecule has 1 heterocycles. The first-order chi connectivity index (χ1) is 14.9. The van der Waals surface area contributed by atoms with Gasteiger partial charge in [0.25, 0.3) is 0 Å². The van der Waals surface area contributed by atoms with Gasteiger partial charge in [-0.15, -0.1) is 0 Å². The maximum Gasteiger partial charge on any atom is 0.331 e. The number of fused-ring (bicyclic) bond motifs is 3. The van der Waals surface area contributed by atoms with Crippen LogP contribution in [0.15, 0.2) is 65.1 Å². The summed E-state index contributed by atoms with van der Waals surface area (Å²) < 4.78 is 12.4. The van der Waals surface area contributed by atoms with Gasteiger partial charge in [-0.05, 0) is 67.4 Å². The van der Waals surface area contributed by atoms with E-state index in [2.05, 4.69) is 63.2 Å². The summed E-state index contributed by atoms with van der Waals surface area (Å²) in [5.74, 6) is 0. The Morgan fingerprint density at radius 2 is 1.44 bits per heavy atom. The molecule has 0 amide bonds. The lowest BCUT2D eigenvalue weighted by Crippen LogP contribution is -2.49. The maximum absolute atomic E-state index is 10.5. The van der Waals surface area contributed by atoms with Crippen molar-refractivity contribution in [1.29, 1.82) is 0 Å². The zero-order valence-electron chi connectivity index (χ0n) is 20.1. The number of hydrogen-bond acceptors (Lipinski definition) is 3. The molecular formula is C28H32BO3. The fourth-order valence-electron chi connectivity index (χ4n) is 3.66. The second-order valence-electron chi connectivity index (χ2n) is 10.7. The van der Waals surface area contributed by atoms with Crippen molar-refractivity contribution in [2.24, 2.45) is 0 Å². The largest absolute Gasteiger partial charge is 0.456 e. The standard InChI is InChI=1S/C28H32BO3/c1-26(2,3)20-14-12-18(13-15-20)19-16-22(29-32-28(6,7)27(4,5)30)25-21-10-8-9-11-23(21)31-24(25)17-19/h8-17,30H,1-7H3. The van der Waals surface area contributed by atoms with E-state index in [0.717, 1.165) is 38.5 Å². The van der Waals surface area contributed by atoms with E-state index in [1.165, 1.54) is 5.56 Å². The molecule has 3 aromatic carbocycles.